The number of carbonyl (C=O) groups is 2. The van der Waals surface area contributed by atoms with Crippen molar-refractivity contribution in [2.24, 2.45) is 0 Å². The van der Waals surface area contributed by atoms with E-state index in [2.05, 4.69) is 10.3 Å². The number of imide groups is 1. The van der Waals surface area contributed by atoms with Gasteiger partial charge in [0.2, 0.25) is 0 Å². The summed E-state index contributed by atoms with van der Waals surface area (Å²) in [6, 6.07) is 6.57. The van der Waals surface area contributed by atoms with Gasteiger partial charge >= 0.3 is 12.1 Å². The molecular weight excluding hydrogens is 230 g/mol. The second-order valence-electron chi connectivity index (χ2n) is 2.87. The number of carbonyl (C=O) groups excluding carboxylic acids is 1. The zero-order chi connectivity index (χ0) is 11.5. The Bertz CT molecular complexity index is 519. The maximum absolute atomic E-state index is 11.1. The van der Waals surface area contributed by atoms with Crippen molar-refractivity contribution in [2.45, 2.75) is 0 Å². The molecule has 1 aromatic carbocycles. The third kappa shape index (κ3) is 2.26. The Morgan fingerprint density at radius 2 is 2.06 bits per heavy atom. The Labute approximate surface area is 93.9 Å². The van der Waals surface area contributed by atoms with E-state index in [1.54, 1.807) is 5.32 Å². The van der Waals surface area contributed by atoms with Crippen LogP contribution in [0.1, 0.15) is 0 Å². The molecule has 0 spiro atoms. The van der Waals surface area contributed by atoms with E-state index in [-0.39, 0.29) is 0 Å². The average molecular weight is 237 g/mol. The average Bonchev–Trinajstić information content (AvgIpc) is 2.57. The van der Waals surface area contributed by atoms with Crippen molar-refractivity contribution in [3.05, 3.63) is 24.3 Å². The second-order valence-corrected chi connectivity index (χ2v) is 3.90. The van der Waals surface area contributed by atoms with E-state index in [0.29, 0.717) is 5.13 Å². The van der Waals surface area contributed by atoms with E-state index in [1.165, 1.54) is 11.3 Å². The molecule has 0 fully saturated rings. The van der Waals surface area contributed by atoms with Crippen LogP contribution < -0.4 is 10.6 Å². The number of benzene rings is 1. The van der Waals surface area contributed by atoms with Crippen LogP contribution in [0.25, 0.3) is 10.2 Å². The van der Waals surface area contributed by atoms with Crippen molar-refractivity contribution in [3.8, 4) is 0 Å². The lowest BCUT2D eigenvalue weighted by Crippen LogP contribution is -2.32. The highest BCUT2D eigenvalue weighted by Gasteiger charge is 2.08. The number of hydrogen-bond donors (Lipinski definition) is 3. The lowest BCUT2D eigenvalue weighted by molar-refractivity contribution is 0.194. The zero-order valence-electron chi connectivity index (χ0n) is 7.93. The normalized spacial score (nSPS) is 10.0. The van der Waals surface area contributed by atoms with Crippen molar-refractivity contribution >= 4 is 38.8 Å². The maximum Gasteiger partial charge on any atom is 0.412 e. The van der Waals surface area contributed by atoms with E-state index in [4.69, 9.17) is 5.11 Å². The van der Waals surface area contributed by atoms with E-state index < -0.39 is 12.1 Å². The minimum absolute atomic E-state index is 0.361. The maximum atomic E-state index is 11.1. The molecule has 0 aliphatic heterocycles. The van der Waals surface area contributed by atoms with Gasteiger partial charge in [0.1, 0.15) is 0 Å². The molecule has 16 heavy (non-hydrogen) atoms. The van der Waals surface area contributed by atoms with Gasteiger partial charge in [-0.1, -0.05) is 23.5 Å². The van der Waals surface area contributed by atoms with Gasteiger partial charge in [-0.25, -0.2) is 19.9 Å². The van der Waals surface area contributed by atoms with Gasteiger partial charge in [0.15, 0.2) is 5.13 Å². The number of nitrogens with zero attached hydrogens (tertiary/aromatic N) is 1. The van der Waals surface area contributed by atoms with Crippen molar-refractivity contribution in [2.75, 3.05) is 5.32 Å². The van der Waals surface area contributed by atoms with Gasteiger partial charge in [0, 0.05) is 0 Å². The number of carboxylic acid groups (broad SMARTS) is 1. The number of aromatic nitrogens is 1. The minimum Gasteiger partial charge on any atom is -0.465 e. The molecule has 2 rings (SSSR count). The molecule has 0 aliphatic rings. The number of nitrogens with one attached hydrogen (secondary N) is 2. The Hall–Kier alpha value is -2.15. The SMILES string of the molecule is O=C(O)NC(=O)Nc1nc2ccccc2s1. The highest BCUT2D eigenvalue weighted by molar-refractivity contribution is 7.22. The molecule has 6 nitrogen and oxygen atoms in total. The van der Waals surface area contributed by atoms with E-state index in [9.17, 15) is 9.59 Å². The van der Waals surface area contributed by atoms with Crippen molar-refractivity contribution in [3.63, 3.8) is 0 Å². The van der Waals surface area contributed by atoms with Crippen molar-refractivity contribution in [1.82, 2.24) is 10.3 Å². The summed E-state index contributed by atoms with van der Waals surface area (Å²) in [4.78, 5) is 25.4. The van der Waals surface area contributed by atoms with E-state index >= 15 is 0 Å². The van der Waals surface area contributed by atoms with Gasteiger partial charge < -0.3 is 5.11 Å². The van der Waals surface area contributed by atoms with Gasteiger partial charge in [-0.3, -0.25) is 5.32 Å². The van der Waals surface area contributed by atoms with Crippen LogP contribution in [0.5, 0.6) is 0 Å². The summed E-state index contributed by atoms with van der Waals surface area (Å²) >= 11 is 1.28. The Kier molecular flexibility index (Phi) is 2.69. The van der Waals surface area contributed by atoms with Gasteiger partial charge in [-0.2, -0.15) is 0 Å². The van der Waals surface area contributed by atoms with Crippen LogP contribution in [0.2, 0.25) is 0 Å². The summed E-state index contributed by atoms with van der Waals surface area (Å²) in [5.41, 5.74) is 0.762. The van der Waals surface area contributed by atoms with Crippen molar-refractivity contribution in [1.29, 1.82) is 0 Å². The summed E-state index contributed by atoms with van der Waals surface area (Å²) in [6.45, 7) is 0. The fourth-order valence-corrected chi connectivity index (χ4v) is 2.01. The summed E-state index contributed by atoms with van der Waals surface area (Å²) in [6.07, 6.45) is -1.40. The number of hydrogen-bond acceptors (Lipinski definition) is 4. The van der Waals surface area contributed by atoms with Gasteiger partial charge in [0.25, 0.3) is 0 Å². The molecule has 2 aromatic rings. The highest BCUT2D eigenvalue weighted by atomic mass is 32.1. The number of para-hydroxylation sites is 1. The fraction of sp³-hybridized carbons (Fsp3) is 0. The van der Waals surface area contributed by atoms with Gasteiger partial charge in [0.05, 0.1) is 10.2 Å². The highest BCUT2D eigenvalue weighted by Crippen LogP contribution is 2.24. The molecule has 0 bridgehead atoms. The van der Waals surface area contributed by atoms with Gasteiger partial charge in [-0.05, 0) is 12.1 Å². The Morgan fingerprint density at radius 1 is 1.31 bits per heavy atom. The molecular formula is C9H7N3O3S. The van der Waals surface area contributed by atoms with E-state index in [0.717, 1.165) is 10.2 Å². The first-order valence-corrected chi connectivity index (χ1v) is 5.13. The molecule has 0 radical (unpaired) electrons. The molecule has 7 heteroatoms. The smallest absolute Gasteiger partial charge is 0.412 e. The number of amides is 3. The molecule has 82 valence electrons. The molecule has 0 aliphatic carbocycles. The molecule has 0 saturated heterocycles. The molecule has 3 amide bonds. The first kappa shape index (κ1) is 10.4. The lowest BCUT2D eigenvalue weighted by Gasteiger charge is -1.98. The van der Waals surface area contributed by atoms with Crippen LogP contribution in [0.4, 0.5) is 14.7 Å². The largest absolute Gasteiger partial charge is 0.465 e. The van der Waals surface area contributed by atoms with Crippen LogP contribution >= 0.6 is 11.3 Å². The molecule has 1 aromatic heterocycles. The van der Waals surface area contributed by atoms with Crippen LogP contribution in [-0.2, 0) is 0 Å². The summed E-state index contributed by atoms with van der Waals surface area (Å²) < 4.78 is 0.924. The number of thiazole rings is 1. The monoisotopic (exact) mass is 237 g/mol. The lowest BCUT2D eigenvalue weighted by atomic mass is 10.3. The fourth-order valence-electron chi connectivity index (χ4n) is 1.15. The van der Waals surface area contributed by atoms with Crippen LogP contribution in [0.15, 0.2) is 24.3 Å². The predicted octanol–water partition coefficient (Wildman–Crippen LogP) is 2.10. The minimum atomic E-state index is -1.40. The molecule has 0 saturated carbocycles. The first-order chi connectivity index (χ1) is 7.65. The molecule has 0 unspecified atom stereocenters. The molecule has 3 N–H and O–H groups in total. The van der Waals surface area contributed by atoms with Gasteiger partial charge in [-0.15, -0.1) is 0 Å². The number of anilines is 1. The molecule has 0 atom stereocenters. The van der Waals surface area contributed by atoms with Crippen LogP contribution in [0.3, 0.4) is 0 Å². The summed E-state index contributed by atoms with van der Waals surface area (Å²) in [5.74, 6) is 0. The Morgan fingerprint density at radius 3 is 2.75 bits per heavy atom. The third-order valence-corrected chi connectivity index (χ3v) is 2.69. The first-order valence-electron chi connectivity index (χ1n) is 4.31. The summed E-state index contributed by atoms with van der Waals surface area (Å²) in [7, 11) is 0. The third-order valence-electron chi connectivity index (χ3n) is 1.73. The van der Waals surface area contributed by atoms with Crippen LogP contribution in [-0.4, -0.2) is 22.2 Å². The molecule has 1 heterocycles. The van der Waals surface area contributed by atoms with Crippen LogP contribution in [0, 0.1) is 0 Å². The summed E-state index contributed by atoms with van der Waals surface area (Å²) in [5, 5.41) is 12.7. The number of urea groups is 1. The Balaban J connectivity index is 2.15. The second kappa shape index (κ2) is 4.15. The predicted molar refractivity (Wildman–Crippen MR) is 59.8 cm³/mol. The van der Waals surface area contributed by atoms with E-state index in [1.807, 2.05) is 24.3 Å². The zero-order valence-corrected chi connectivity index (χ0v) is 8.75. The topological polar surface area (TPSA) is 91.3 Å². The van der Waals surface area contributed by atoms with Crippen molar-refractivity contribution < 1.29 is 14.7 Å². The number of fused-ring (bicyclic) bond motifs is 1. The quantitative estimate of drug-likeness (QED) is 0.708. The number of rotatable bonds is 1. The standard InChI is InChI=1S/C9H7N3O3S/c13-7(12-9(14)15)11-8-10-5-3-1-2-4-6(5)16-8/h1-4H,(H,14,15)(H2,10,11,12,13).